The molecular formula is C10H16O4. The SMILES string of the molecule is COC(=O)C=CCC[C@H](O)CCC=O. The summed E-state index contributed by atoms with van der Waals surface area (Å²) in [6.45, 7) is 0. The van der Waals surface area contributed by atoms with Gasteiger partial charge in [0.1, 0.15) is 6.29 Å². The van der Waals surface area contributed by atoms with Gasteiger partial charge in [-0.3, -0.25) is 0 Å². The highest BCUT2D eigenvalue weighted by atomic mass is 16.5. The van der Waals surface area contributed by atoms with E-state index in [1.165, 1.54) is 13.2 Å². The van der Waals surface area contributed by atoms with Gasteiger partial charge in [-0.25, -0.2) is 4.79 Å². The van der Waals surface area contributed by atoms with Crippen LogP contribution in [0.5, 0.6) is 0 Å². The Balaban J connectivity index is 3.47. The van der Waals surface area contributed by atoms with Crippen molar-refractivity contribution < 1.29 is 19.4 Å². The van der Waals surface area contributed by atoms with E-state index in [0.717, 1.165) is 6.29 Å². The van der Waals surface area contributed by atoms with Crippen molar-refractivity contribution in [1.82, 2.24) is 0 Å². The third kappa shape index (κ3) is 7.49. The molecule has 0 aromatic rings. The predicted molar refractivity (Wildman–Crippen MR) is 51.7 cm³/mol. The van der Waals surface area contributed by atoms with E-state index >= 15 is 0 Å². The van der Waals surface area contributed by atoms with Gasteiger partial charge < -0.3 is 14.6 Å². The maximum Gasteiger partial charge on any atom is 0.330 e. The fourth-order valence-electron chi connectivity index (χ4n) is 0.941. The fourth-order valence-corrected chi connectivity index (χ4v) is 0.941. The average Bonchev–Trinajstić information content (AvgIpc) is 2.21. The lowest BCUT2D eigenvalue weighted by Crippen LogP contribution is -2.05. The van der Waals surface area contributed by atoms with Gasteiger partial charge in [-0.05, 0) is 19.3 Å². The summed E-state index contributed by atoms with van der Waals surface area (Å²) in [6.07, 6.45) is 5.31. The Morgan fingerprint density at radius 1 is 1.43 bits per heavy atom. The number of esters is 1. The molecular weight excluding hydrogens is 184 g/mol. The van der Waals surface area contributed by atoms with Crippen molar-refractivity contribution in [2.45, 2.75) is 31.8 Å². The lowest BCUT2D eigenvalue weighted by Gasteiger charge is -2.05. The summed E-state index contributed by atoms with van der Waals surface area (Å²) in [6, 6.07) is 0. The van der Waals surface area contributed by atoms with Crippen LogP contribution in [-0.2, 0) is 14.3 Å². The molecule has 0 aliphatic carbocycles. The first-order valence-corrected chi connectivity index (χ1v) is 4.57. The topological polar surface area (TPSA) is 63.6 Å². The molecule has 0 rings (SSSR count). The smallest absolute Gasteiger partial charge is 0.330 e. The van der Waals surface area contributed by atoms with E-state index in [9.17, 15) is 14.7 Å². The van der Waals surface area contributed by atoms with E-state index in [0.29, 0.717) is 25.7 Å². The lowest BCUT2D eigenvalue weighted by molar-refractivity contribution is -0.134. The number of carbonyl (C=O) groups excluding carboxylic acids is 2. The normalized spacial score (nSPS) is 12.7. The largest absolute Gasteiger partial charge is 0.466 e. The number of aliphatic hydroxyl groups excluding tert-OH is 1. The minimum atomic E-state index is -0.470. The molecule has 0 radical (unpaired) electrons. The van der Waals surface area contributed by atoms with Crippen LogP contribution in [0.2, 0.25) is 0 Å². The van der Waals surface area contributed by atoms with E-state index < -0.39 is 12.1 Å². The molecule has 14 heavy (non-hydrogen) atoms. The Bertz CT molecular complexity index is 198. The number of methoxy groups -OCH3 is 1. The first-order chi connectivity index (χ1) is 6.70. The maximum atomic E-state index is 10.6. The van der Waals surface area contributed by atoms with Crippen molar-refractivity contribution in [1.29, 1.82) is 0 Å². The highest BCUT2D eigenvalue weighted by Crippen LogP contribution is 2.04. The third-order valence-corrected chi connectivity index (χ3v) is 1.74. The zero-order chi connectivity index (χ0) is 10.8. The summed E-state index contributed by atoms with van der Waals surface area (Å²) in [5.74, 6) is -0.396. The average molecular weight is 200 g/mol. The number of hydrogen-bond donors (Lipinski definition) is 1. The van der Waals surface area contributed by atoms with Gasteiger partial charge in [0.05, 0.1) is 13.2 Å². The van der Waals surface area contributed by atoms with Crippen LogP contribution in [0.4, 0.5) is 0 Å². The highest BCUT2D eigenvalue weighted by molar-refractivity contribution is 5.81. The zero-order valence-corrected chi connectivity index (χ0v) is 8.31. The van der Waals surface area contributed by atoms with E-state index in [4.69, 9.17) is 0 Å². The molecule has 0 aliphatic heterocycles. The monoisotopic (exact) mass is 200 g/mol. The number of allylic oxidation sites excluding steroid dienone is 1. The van der Waals surface area contributed by atoms with Gasteiger partial charge in [-0.1, -0.05) is 6.08 Å². The van der Waals surface area contributed by atoms with Gasteiger partial charge in [0, 0.05) is 12.5 Å². The minimum Gasteiger partial charge on any atom is -0.466 e. The molecule has 0 aromatic heterocycles. The quantitative estimate of drug-likeness (QED) is 0.375. The molecule has 0 amide bonds. The molecule has 1 N–H and O–H groups in total. The second kappa shape index (κ2) is 8.44. The Morgan fingerprint density at radius 2 is 2.07 bits per heavy atom. The Hall–Kier alpha value is -1.16. The summed E-state index contributed by atoms with van der Waals surface area (Å²) >= 11 is 0. The van der Waals surface area contributed by atoms with Gasteiger partial charge in [0.15, 0.2) is 0 Å². The van der Waals surface area contributed by atoms with Gasteiger partial charge in [-0.15, -0.1) is 0 Å². The van der Waals surface area contributed by atoms with Crippen LogP contribution in [0.15, 0.2) is 12.2 Å². The maximum absolute atomic E-state index is 10.6. The summed E-state index contributed by atoms with van der Waals surface area (Å²) in [5.41, 5.74) is 0. The van der Waals surface area contributed by atoms with Crippen LogP contribution in [0.3, 0.4) is 0 Å². The van der Waals surface area contributed by atoms with Crippen molar-refractivity contribution >= 4 is 12.3 Å². The molecule has 4 nitrogen and oxygen atoms in total. The molecule has 0 aromatic carbocycles. The number of hydrogen-bond acceptors (Lipinski definition) is 4. The second-order valence-corrected chi connectivity index (χ2v) is 2.90. The highest BCUT2D eigenvalue weighted by Gasteiger charge is 2.01. The first-order valence-electron chi connectivity index (χ1n) is 4.57. The van der Waals surface area contributed by atoms with Crippen molar-refractivity contribution in [3.05, 3.63) is 12.2 Å². The van der Waals surface area contributed by atoms with Gasteiger partial charge in [-0.2, -0.15) is 0 Å². The molecule has 4 heteroatoms. The third-order valence-electron chi connectivity index (χ3n) is 1.74. The molecule has 0 bridgehead atoms. The van der Waals surface area contributed by atoms with Crippen LogP contribution in [0.25, 0.3) is 0 Å². The molecule has 0 saturated carbocycles. The van der Waals surface area contributed by atoms with Crippen molar-refractivity contribution in [2.75, 3.05) is 7.11 Å². The zero-order valence-electron chi connectivity index (χ0n) is 8.31. The van der Waals surface area contributed by atoms with Crippen molar-refractivity contribution in [3.63, 3.8) is 0 Å². The van der Waals surface area contributed by atoms with E-state index in [-0.39, 0.29) is 0 Å². The number of aliphatic hydroxyl groups is 1. The van der Waals surface area contributed by atoms with Crippen LogP contribution < -0.4 is 0 Å². The molecule has 0 spiro atoms. The first kappa shape index (κ1) is 12.8. The van der Waals surface area contributed by atoms with Crippen LogP contribution in [-0.4, -0.2) is 30.6 Å². The number of carbonyl (C=O) groups is 2. The Labute approximate surface area is 83.6 Å². The van der Waals surface area contributed by atoms with Crippen molar-refractivity contribution in [3.8, 4) is 0 Å². The summed E-state index contributed by atoms with van der Waals surface area (Å²) in [7, 11) is 1.31. The molecule has 0 unspecified atom stereocenters. The number of rotatable bonds is 7. The summed E-state index contributed by atoms with van der Waals surface area (Å²) in [5, 5.41) is 9.29. The second-order valence-electron chi connectivity index (χ2n) is 2.90. The van der Waals surface area contributed by atoms with Gasteiger partial charge >= 0.3 is 5.97 Å². The van der Waals surface area contributed by atoms with Crippen LogP contribution in [0, 0.1) is 0 Å². The van der Waals surface area contributed by atoms with Gasteiger partial charge in [0.2, 0.25) is 0 Å². The van der Waals surface area contributed by atoms with Crippen molar-refractivity contribution in [2.24, 2.45) is 0 Å². The summed E-state index contributed by atoms with van der Waals surface area (Å²) < 4.78 is 4.39. The Kier molecular flexibility index (Phi) is 7.74. The molecule has 0 heterocycles. The minimum absolute atomic E-state index is 0.377. The van der Waals surface area contributed by atoms with E-state index in [1.54, 1.807) is 6.08 Å². The number of aldehydes is 1. The Morgan fingerprint density at radius 3 is 2.64 bits per heavy atom. The van der Waals surface area contributed by atoms with Crippen LogP contribution in [0.1, 0.15) is 25.7 Å². The standard InChI is InChI=1S/C10H16O4/c1-14-10(13)7-3-2-5-9(12)6-4-8-11/h3,7-9,12H,2,4-6H2,1H3/t9-/m0/s1. The summed E-state index contributed by atoms with van der Waals surface area (Å²) in [4.78, 5) is 20.6. The molecule has 0 fully saturated rings. The van der Waals surface area contributed by atoms with E-state index in [2.05, 4.69) is 4.74 Å². The molecule has 1 atom stereocenters. The molecule has 0 saturated heterocycles. The predicted octanol–water partition coefficient (Wildman–Crippen LogP) is 0.836. The molecule has 0 aliphatic rings. The fraction of sp³-hybridized carbons (Fsp3) is 0.600. The van der Waals surface area contributed by atoms with E-state index in [1.807, 2.05) is 0 Å². The molecule has 80 valence electrons. The van der Waals surface area contributed by atoms with Gasteiger partial charge in [0.25, 0.3) is 0 Å². The van der Waals surface area contributed by atoms with Crippen LogP contribution >= 0.6 is 0 Å². The lowest BCUT2D eigenvalue weighted by atomic mass is 10.1. The number of ether oxygens (including phenoxy) is 1.